The summed E-state index contributed by atoms with van der Waals surface area (Å²) in [7, 11) is 0. The number of thioether (sulfide) groups is 1. The van der Waals surface area contributed by atoms with Gasteiger partial charge in [0.15, 0.2) is 6.29 Å². The standard InChI is InChI=1S/C39H38N2O4S/c42-26-29-15-17-31(18-16-29)37-23-34(27-46-35-12-5-2-6-13-35)44-38(45-37)32-21-19-30(20-22-32)36-14-8-7-11-33(36)25-41-39(43)40-24-28-9-3-1-4-10-28/h1-22,34,37-38,42H,23-27H2,(H2,40,41,43)/t34-,37+,38+/m0/s1. The van der Waals surface area contributed by atoms with Gasteiger partial charge in [-0.1, -0.05) is 121 Å². The Labute approximate surface area is 274 Å². The van der Waals surface area contributed by atoms with Crippen LogP contribution in [0.1, 0.15) is 46.6 Å². The molecule has 1 aliphatic heterocycles. The van der Waals surface area contributed by atoms with E-state index in [0.29, 0.717) is 13.1 Å². The summed E-state index contributed by atoms with van der Waals surface area (Å²) < 4.78 is 13.1. The molecule has 1 heterocycles. The lowest BCUT2D eigenvalue weighted by Crippen LogP contribution is -2.34. The second kappa shape index (κ2) is 15.7. The maximum atomic E-state index is 12.5. The Morgan fingerprint density at radius 3 is 2.09 bits per heavy atom. The van der Waals surface area contributed by atoms with Gasteiger partial charge in [0.1, 0.15) is 0 Å². The third kappa shape index (κ3) is 8.44. The highest BCUT2D eigenvalue weighted by molar-refractivity contribution is 7.99. The first kappa shape index (κ1) is 31.6. The number of carbonyl (C=O) groups is 1. The van der Waals surface area contributed by atoms with Crippen LogP contribution in [0.25, 0.3) is 11.1 Å². The van der Waals surface area contributed by atoms with Gasteiger partial charge in [-0.25, -0.2) is 4.79 Å². The Balaban J connectivity index is 1.14. The van der Waals surface area contributed by atoms with Gasteiger partial charge < -0.3 is 25.2 Å². The number of carbonyl (C=O) groups excluding carboxylic acids is 1. The summed E-state index contributed by atoms with van der Waals surface area (Å²) in [6.45, 7) is 0.896. The van der Waals surface area contributed by atoms with Crippen molar-refractivity contribution in [2.45, 2.75) is 49.5 Å². The minimum atomic E-state index is -0.517. The van der Waals surface area contributed by atoms with Crippen LogP contribution >= 0.6 is 11.8 Å². The maximum absolute atomic E-state index is 12.5. The topological polar surface area (TPSA) is 79.8 Å². The van der Waals surface area contributed by atoms with Crippen molar-refractivity contribution >= 4 is 17.8 Å². The van der Waals surface area contributed by atoms with E-state index in [1.165, 1.54) is 4.90 Å². The van der Waals surface area contributed by atoms with Crippen molar-refractivity contribution in [2.75, 3.05) is 5.75 Å². The summed E-state index contributed by atoms with van der Waals surface area (Å²) in [6.07, 6.45) is 0.0851. The molecule has 2 amide bonds. The summed E-state index contributed by atoms with van der Waals surface area (Å²) >= 11 is 1.79. The fraction of sp³-hybridized carbons (Fsp3) is 0.205. The zero-order valence-electron chi connectivity index (χ0n) is 25.5. The quantitative estimate of drug-likeness (QED) is 0.128. The summed E-state index contributed by atoms with van der Waals surface area (Å²) in [5.74, 6) is 0.812. The molecule has 0 spiro atoms. The van der Waals surface area contributed by atoms with Gasteiger partial charge in [-0.3, -0.25) is 0 Å². The molecule has 3 atom stereocenters. The molecular weight excluding hydrogens is 593 g/mol. The molecule has 5 aromatic rings. The molecule has 0 aromatic heterocycles. The molecule has 1 saturated heterocycles. The lowest BCUT2D eigenvalue weighted by molar-refractivity contribution is -0.245. The smallest absolute Gasteiger partial charge is 0.315 e. The van der Waals surface area contributed by atoms with Crippen molar-refractivity contribution in [3.05, 3.63) is 161 Å². The molecule has 6 rings (SSSR count). The Hall–Kier alpha value is -4.40. The van der Waals surface area contributed by atoms with Crippen LogP contribution in [0.4, 0.5) is 4.79 Å². The van der Waals surface area contributed by atoms with E-state index in [1.807, 2.05) is 78.9 Å². The van der Waals surface area contributed by atoms with E-state index in [0.717, 1.165) is 51.1 Å². The molecule has 1 fully saturated rings. The van der Waals surface area contributed by atoms with Gasteiger partial charge in [0, 0.05) is 35.7 Å². The number of hydrogen-bond acceptors (Lipinski definition) is 5. The number of nitrogens with one attached hydrogen (secondary N) is 2. The van der Waals surface area contributed by atoms with Crippen LogP contribution in [0.3, 0.4) is 0 Å². The van der Waals surface area contributed by atoms with Gasteiger partial charge in [0.25, 0.3) is 0 Å². The van der Waals surface area contributed by atoms with E-state index in [-0.39, 0.29) is 24.8 Å². The molecule has 0 aliphatic carbocycles. The van der Waals surface area contributed by atoms with Crippen LogP contribution in [0, 0.1) is 0 Å². The van der Waals surface area contributed by atoms with Crippen LogP contribution < -0.4 is 10.6 Å². The first-order valence-electron chi connectivity index (χ1n) is 15.6. The lowest BCUT2D eigenvalue weighted by Gasteiger charge is -2.36. The van der Waals surface area contributed by atoms with Gasteiger partial charge in [0.05, 0.1) is 18.8 Å². The fourth-order valence-corrected chi connectivity index (χ4v) is 6.46. The number of benzene rings is 5. The highest BCUT2D eigenvalue weighted by Crippen LogP contribution is 2.40. The molecule has 0 bridgehead atoms. The molecule has 46 heavy (non-hydrogen) atoms. The van der Waals surface area contributed by atoms with E-state index in [1.54, 1.807) is 11.8 Å². The van der Waals surface area contributed by atoms with E-state index in [4.69, 9.17) is 9.47 Å². The second-order valence-electron chi connectivity index (χ2n) is 11.3. The largest absolute Gasteiger partial charge is 0.392 e. The number of urea groups is 1. The number of aliphatic hydroxyl groups is 1. The van der Waals surface area contributed by atoms with Crippen LogP contribution in [-0.4, -0.2) is 23.0 Å². The minimum Gasteiger partial charge on any atom is -0.392 e. The van der Waals surface area contributed by atoms with Gasteiger partial charge >= 0.3 is 6.03 Å². The summed E-state index contributed by atoms with van der Waals surface area (Å²) in [4.78, 5) is 13.7. The monoisotopic (exact) mass is 630 g/mol. The lowest BCUT2D eigenvalue weighted by atomic mass is 9.98. The zero-order chi connectivity index (χ0) is 31.6. The van der Waals surface area contributed by atoms with Crippen molar-refractivity contribution in [1.29, 1.82) is 0 Å². The summed E-state index contributed by atoms with van der Waals surface area (Å²) in [5.41, 5.74) is 7.09. The highest BCUT2D eigenvalue weighted by Gasteiger charge is 2.32. The Morgan fingerprint density at radius 1 is 0.696 bits per heavy atom. The molecule has 0 radical (unpaired) electrons. The number of amides is 2. The van der Waals surface area contributed by atoms with Crippen molar-refractivity contribution < 1.29 is 19.4 Å². The summed E-state index contributed by atoms with van der Waals surface area (Å²) in [5, 5.41) is 15.4. The Morgan fingerprint density at radius 2 is 1.35 bits per heavy atom. The SMILES string of the molecule is O=C(NCc1ccccc1)NCc1ccccc1-c1ccc([C@@H]2O[C@H](CSc3ccccc3)C[C@H](c3ccc(CO)cc3)O2)cc1. The molecule has 6 nitrogen and oxygen atoms in total. The fourth-order valence-electron chi connectivity index (χ4n) is 5.52. The molecule has 234 valence electrons. The van der Waals surface area contributed by atoms with Gasteiger partial charge in [0.2, 0.25) is 0 Å². The van der Waals surface area contributed by atoms with Crippen molar-refractivity contribution in [2.24, 2.45) is 0 Å². The van der Waals surface area contributed by atoms with Crippen LogP contribution in [0.15, 0.2) is 138 Å². The van der Waals surface area contributed by atoms with Crippen molar-refractivity contribution in [3.8, 4) is 11.1 Å². The van der Waals surface area contributed by atoms with E-state index < -0.39 is 6.29 Å². The molecule has 0 unspecified atom stereocenters. The highest BCUT2D eigenvalue weighted by atomic mass is 32.2. The average Bonchev–Trinajstić information content (AvgIpc) is 3.13. The number of hydrogen-bond donors (Lipinski definition) is 3. The predicted molar refractivity (Wildman–Crippen MR) is 183 cm³/mol. The number of ether oxygens (including phenoxy) is 2. The third-order valence-corrected chi connectivity index (χ3v) is 9.18. The van der Waals surface area contributed by atoms with Gasteiger partial charge in [-0.05, 0) is 45.5 Å². The third-order valence-electron chi connectivity index (χ3n) is 8.04. The van der Waals surface area contributed by atoms with Crippen LogP contribution in [0.2, 0.25) is 0 Å². The number of rotatable bonds is 11. The molecular formula is C39H38N2O4S. The van der Waals surface area contributed by atoms with Gasteiger partial charge in [-0.2, -0.15) is 0 Å². The van der Waals surface area contributed by atoms with Gasteiger partial charge in [-0.15, -0.1) is 11.8 Å². The average molecular weight is 631 g/mol. The second-order valence-corrected chi connectivity index (χ2v) is 12.4. The van der Waals surface area contributed by atoms with Crippen LogP contribution in [-0.2, 0) is 29.2 Å². The first-order valence-corrected chi connectivity index (χ1v) is 16.6. The van der Waals surface area contributed by atoms with E-state index in [2.05, 4.69) is 65.2 Å². The van der Waals surface area contributed by atoms with E-state index >= 15 is 0 Å². The molecule has 7 heteroatoms. The normalized spacial score (nSPS) is 17.7. The van der Waals surface area contributed by atoms with E-state index in [9.17, 15) is 9.90 Å². The van der Waals surface area contributed by atoms with Crippen LogP contribution in [0.5, 0.6) is 0 Å². The predicted octanol–water partition coefficient (Wildman–Crippen LogP) is 8.18. The Bertz CT molecular complexity index is 1680. The van der Waals surface area contributed by atoms with Crippen molar-refractivity contribution in [1.82, 2.24) is 10.6 Å². The molecule has 5 aromatic carbocycles. The minimum absolute atomic E-state index is 0.00834. The summed E-state index contributed by atoms with van der Waals surface area (Å²) in [6, 6.07) is 44.4. The van der Waals surface area contributed by atoms with Crippen molar-refractivity contribution in [3.63, 3.8) is 0 Å². The Kier molecular flexibility index (Phi) is 10.8. The number of aliphatic hydroxyl groups excluding tert-OH is 1. The maximum Gasteiger partial charge on any atom is 0.315 e. The molecule has 0 saturated carbocycles. The molecule has 3 N–H and O–H groups in total. The zero-order valence-corrected chi connectivity index (χ0v) is 26.4. The first-order chi connectivity index (χ1) is 22.6. The molecule has 1 aliphatic rings.